The van der Waals surface area contributed by atoms with Crippen LogP contribution >= 0.6 is 0 Å². The van der Waals surface area contributed by atoms with Gasteiger partial charge in [0.25, 0.3) is 0 Å². The van der Waals surface area contributed by atoms with Crippen molar-refractivity contribution in [1.82, 2.24) is 9.55 Å². The van der Waals surface area contributed by atoms with Crippen LogP contribution < -0.4 is 0 Å². The first kappa shape index (κ1) is 37.5. The number of pyridine rings is 1. The van der Waals surface area contributed by atoms with Crippen molar-refractivity contribution in [3.05, 3.63) is 243 Å². The highest BCUT2D eigenvalue weighted by molar-refractivity contribution is 6.34. The molecule has 67 heavy (non-hydrogen) atoms. The first-order valence-corrected chi connectivity index (χ1v) is 23.1. The Bertz CT molecular complexity index is 4240. The molecule has 0 aliphatic rings. The van der Waals surface area contributed by atoms with Crippen LogP contribution in [0.15, 0.2) is 243 Å². The van der Waals surface area contributed by atoms with Gasteiger partial charge in [0.1, 0.15) is 0 Å². The van der Waals surface area contributed by atoms with Crippen molar-refractivity contribution in [2.75, 3.05) is 0 Å². The number of aromatic nitrogens is 2. The summed E-state index contributed by atoms with van der Waals surface area (Å²) >= 11 is 0. The lowest BCUT2D eigenvalue weighted by Crippen LogP contribution is -1.95. The minimum atomic E-state index is 0.981. The molecule has 0 saturated heterocycles. The van der Waals surface area contributed by atoms with Crippen LogP contribution in [-0.2, 0) is 0 Å². The van der Waals surface area contributed by atoms with Gasteiger partial charge >= 0.3 is 0 Å². The summed E-state index contributed by atoms with van der Waals surface area (Å²) in [6.45, 7) is 0. The minimum Gasteiger partial charge on any atom is -0.309 e. The van der Waals surface area contributed by atoms with Gasteiger partial charge in [-0.3, -0.25) is 0 Å². The van der Waals surface area contributed by atoms with Crippen molar-refractivity contribution in [2.45, 2.75) is 0 Å². The van der Waals surface area contributed by atoms with Gasteiger partial charge in [-0.2, -0.15) is 0 Å². The highest BCUT2D eigenvalue weighted by atomic mass is 15.0. The second-order valence-electron chi connectivity index (χ2n) is 17.7. The van der Waals surface area contributed by atoms with Crippen molar-refractivity contribution >= 4 is 86.6 Å². The van der Waals surface area contributed by atoms with Gasteiger partial charge in [0.2, 0.25) is 0 Å². The van der Waals surface area contributed by atoms with Crippen LogP contribution in [0.3, 0.4) is 0 Å². The first-order chi connectivity index (χ1) is 33.3. The van der Waals surface area contributed by atoms with E-state index in [4.69, 9.17) is 4.98 Å². The smallest absolute Gasteiger partial charge is 0.0788 e. The van der Waals surface area contributed by atoms with Crippen LogP contribution in [-0.4, -0.2) is 9.55 Å². The second-order valence-corrected chi connectivity index (χ2v) is 17.7. The Balaban J connectivity index is 1.01. The maximum atomic E-state index is 5.64. The van der Waals surface area contributed by atoms with E-state index in [9.17, 15) is 0 Å². The molecule has 0 fully saturated rings. The van der Waals surface area contributed by atoms with E-state index in [1.807, 2.05) is 0 Å². The normalized spacial score (nSPS) is 11.9. The van der Waals surface area contributed by atoms with E-state index in [0.29, 0.717) is 0 Å². The fraction of sp³-hybridized carbons (Fsp3) is 0. The third-order valence-corrected chi connectivity index (χ3v) is 14.1. The Hall–Kier alpha value is -8.85. The molecule has 2 heteroatoms. The summed E-state index contributed by atoms with van der Waals surface area (Å²) in [5, 5.41) is 15.9. The van der Waals surface area contributed by atoms with Crippen molar-refractivity contribution in [3.8, 4) is 50.3 Å². The van der Waals surface area contributed by atoms with Gasteiger partial charge in [0.05, 0.1) is 22.2 Å². The van der Waals surface area contributed by atoms with Gasteiger partial charge < -0.3 is 4.57 Å². The fourth-order valence-corrected chi connectivity index (χ4v) is 11.2. The molecule has 0 radical (unpaired) electrons. The molecule has 0 aliphatic carbocycles. The summed E-state index contributed by atoms with van der Waals surface area (Å²) < 4.78 is 2.42. The highest BCUT2D eigenvalue weighted by Gasteiger charge is 2.23. The number of rotatable bonds is 5. The van der Waals surface area contributed by atoms with Crippen molar-refractivity contribution < 1.29 is 0 Å². The molecule has 0 atom stereocenters. The molecule has 310 valence electrons. The SMILES string of the molecule is c1ccc(-c2nc3cc(-c4ccc(-c5c6ccccc6c(-c6ccc7ccccc7c6)c6ccccc56)cc4)c4ccccc4c3c3c2ccc2c3c3ccccc3n2-c2ccccc2)cc1. The lowest BCUT2D eigenvalue weighted by atomic mass is 9.85. The number of nitrogens with zero attached hydrogens (tertiary/aromatic N) is 2. The Morgan fingerprint density at radius 2 is 0.821 bits per heavy atom. The lowest BCUT2D eigenvalue weighted by molar-refractivity contribution is 1.18. The molecular formula is C65H40N2. The Morgan fingerprint density at radius 1 is 0.284 bits per heavy atom. The van der Waals surface area contributed by atoms with Crippen molar-refractivity contribution in [2.24, 2.45) is 0 Å². The average molecular weight is 849 g/mol. The molecule has 14 aromatic rings. The minimum absolute atomic E-state index is 0.981. The molecular weight excluding hydrogens is 809 g/mol. The predicted molar refractivity (Wildman–Crippen MR) is 285 cm³/mol. The van der Waals surface area contributed by atoms with E-state index >= 15 is 0 Å². The van der Waals surface area contributed by atoms with Gasteiger partial charge in [0, 0.05) is 38.2 Å². The molecule has 0 amide bonds. The monoisotopic (exact) mass is 848 g/mol. The zero-order valence-electron chi connectivity index (χ0n) is 36.5. The van der Waals surface area contributed by atoms with Gasteiger partial charge in [-0.25, -0.2) is 4.98 Å². The third kappa shape index (κ3) is 5.73. The Kier molecular flexibility index (Phi) is 8.32. The highest BCUT2D eigenvalue weighted by Crippen LogP contribution is 2.48. The fourth-order valence-electron chi connectivity index (χ4n) is 11.2. The van der Waals surface area contributed by atoms with Crippen LogP contribution in [0.4, 0.5) is 0 Å². The molecule has 2 nitrogen and oxygen atoms in total. The molecule has 0 saturated carbocycles. The summed E-state index contributed by atoms with van der Waals surface area (Å²) in [6, 6.07) is 88.8. The lowest BCUT2D eigenvalue weighted by Gasteiger charge is -2.19. The van der Waals surface area contributed by atoms with Crippen LogP contribution in [0.2, 0.25) is 0 Å². The number of benzene rings is 12. The molecule has 0 bridgehead atoms. The largest absolute Gasteiger partial charge is 0.309 e. The molecule has 0 spiro atoms. The summed E-state index contributed by atoms with van der Waals surface area (Å²) in [7, 11) is 0. The van der Waals surface area contributed by atoms with Gasteiger partial charge in [-0.05, 0) is 113 Å². The zero-order chi connectivity index (χ0) is 44.0. The van der Waals surface area contributed by atoms with Crippen molar-refractivity contribution in [1.29, 1.82) is 0 Å². The number of para-hydroxylation sites is 2. The molecule has 2 heterocycles. The standard InChI is InChI=1S/C65H40N2/c1-3-18-44(19-4-1)65-55-37-38-59-63(54-29-15-16-30-58(54)67(59)47-21-5-2-6-22-47)64(55)62-49-24-10-9-23-48(49)56(40-57(62)66-65)42-32-34-43(35-33-42)60-50-25-11-13-27-52(50)61(53-28-14-12-26-51(53)60)46-36-31-41-17-7-8-20-45(41)39-46/h1-40H. The maximum Gasteiger partial charge on any atom is 0.0788 e. The molecule has 0 aliphatic heterocycles. The van der Waals surface area contributed by atoms with Gasteiger partial charge in [0.15, 0.2) is 0 Å². The van der Waals surface area contributed by atoms with E-state index in [1.54, 1.807) is 0 Å². The van der Waals surface area contributed by atoms with E-state index in [0.717, 1.165) is 33.4 Å². The predicted octanol–water partition coefficient (Wildman–Crippen LogP) is 17.8. The van der Waals surface area contributed by atoms with E-state index in [1.165, 1.54) is 103 Å². The number of hydrogen-bond donors (Lipinski definition) is 0. The Morgan fingerprint density at radius 3 is 1.52 bits per heavy atom. The number of fused-ring (bicyclic) bond motifs is 12. The van der Waals surface area contributed by atoms with Gasteiger partial charge in [-0.15, -0.1) is 0 Å². The molecule has 0 N–H and O–H groups in total. The zero-order valence-corrected chi connectivity index (χ0v) is 36.5. The van der Waals surface area contributed by atoms with Crippen LogP contribution in [0, 0.1) is 0 Å². The van der Waals surface area contributed by atoms with E-state index in [-0.39, 0.29) is 0 Å². The quantitative estimate of drug-likeness (QED) is 0.125. The molecule has 0 unspecified atom stereocenters. The van der Waals surface area contributed by atoms with Crippen molar-refractivity contribution in [3.63, 3.8) is 0 Å². The second kappa shape index (κ2) is 14.9. The summed E-state index contributed by atoms with van der Waals surface area (Å²) in [5.41, 5.74) is 13.9. The third-order valence-electron chi connectivity index (χ3n) is 14.1. The van der Waals surface area contributed by atoms with Crippen LogP contribution in [0.1, 0.15) is 0 Å². The number of hydrogen-bond acceptors (Lipinski definition) is 1. The molecule has 12 aromatic carbocycles. The molecule has 2 aromatic heterocycles. The van der Waals surface area contributed by atoms with E-state index in [2.05, 4.69) is 247 Å². The Labute approximate surface area is 387 Å². The average Bonchev–Trinajstić information content (AvgIpc) is 3.74. The maximum absolute atomic E-state index is 5.64. The molecule has 14 rings (SSSR count). The topological polar surface area (TPSA) is 17.8 Å². The van der Waals surface area contributed by atoms with Gasteiger partial charge in [-0.1, -0.05) is 206 Å². The van der Waals surface area contributed by atoms with E-state index < -0.39 is 0 Å². The van der Waals surface area contributed by atoms with Crippen LogP contribution in [0.5, 0.6) is 0 Å². The first-order valence-electron chi connectivity index (χ1n) is 23.1. The summed E-state index contributed by atoms with van der Waals surface area (Å²) in [6.07, 6.45) is 0. The summed E-state index contributed by atoms with van der Waals surface area (Å²) in [4.78, 5) is 5.64. The summed E-state index contributed by atoms with van der Waals surface area (Å²) in [5.74, 6) is 0. The van der Waals surface area contributed by atoms with Crippen LogP contribution in [0.25, 0.3) is 137 Å².